The fourth-order valence-corrected chi connectivity index (χ4v) is 3.29. The van der Waals surface area contributed by atoms with Gasteiger partial charge < -0.3 is 5.32 Å². The highest BCUT2D eigenvalue weighted by molar-refractivity contribution is 7.89. The predicted octanol–water partition coefficient (Wildman–Crippen LogP) is 0.795. The number of pyridine rings is 1. The van der Waals surface area contributed by atoms with E-state index in [1.165, 1.54) is 18.3 Å². The van der Waals surface area contributed by atoms with Gasteiger partial charge in [0, 0.05) is 18.8 Å². The van der Waals surface area contributed by atoms with Crippen LogP contribution in [-0.2, 0) is 10.0 Å². The van der Waals surface area contributed by atoms with E-state index in [4.69, 9.17) is 5.26 Å². The van der Waals surface area contributed by atoms with Gasteiger partial charge in [0.1, 0.15) is 11.0 Å². The Labute approximate surface area is 125 Å². The first kappa shape index (κ1) is 16.9. The number of sulfonamides is 1. The molecule has 20 heavy (non-hydrogen) atoms. The van der Waals surface area contributed by atoms with Crippen molar-refractivity contribution in [1.82, 2.24) is 15.0 Å². The van der Waals surface area contributed by atoms with E-state index < -0.39 is 10.0 Å². The normalized spacial score (nSPS) is 18.2. The van der Waals surface area contributed by atoms with Crippen LogP contribution in [0.4, 0.5) is 0 Å². The topological polar surface area (TPSA) is 94.9 Å². The summed E-state index contributed by atoms with van der Waals surface area (Å²) in [6, 6.07) is 5.07. The highest BCUT2D eigenvalue weighted by Crippen LogP contribution is 2.12. The van der Waals surface area contributed by atoms with Crippen molar-refractivity contribution in [2.24, 2.45) is 0 Å². The van der Waals surface area contributed by atoms with Crippen LogP contribution in [0, 0.1) is 11.3 Å². The average molecular weight is 317 g/mol. The minimum absolute atomic E-state index is 0. The molecular weight excluding hydrogens is 300 g/mol. The Bertz CT molecular complexity index is 579. The largest absolute Gasteiger partial charge is 0.314 e. The van der Waals surface area contributed by atoms with Crippen LogP contribution < -0.4 is 10.0 Å². The zero-order valence-corrected chi connectivity index (χ0v) is 12.5. The van der Waals surface area contributed by atoms with Crippen LogP contribution in [0.25, 0.3) is 0 Å². The number of aromatic nitrogens is 1. The Hall–Kier alpha value is -1.20. The van der Waals surface area contributed by atoms with Crippen LogP contribution in [0.15, 0.2) is 23.2 Å². The summed E-state index contributed by atoms with van der Waals surface area (Å²) in [5, 5.41) is 12.2. The van der Waals surface area contributed by atoms with Gasteiger partial charge in [-0.1, -0.05) is 0 Å². The maximum absolute atomic E-state index is 12.1. The third-order valence-electron chi connectivity index (χ3n) is 3.11. The number of halogens is 1. The quantitative estimate of drug-likeness (QED) is 0.837. The Morgan fingerprint density at radius 1 is 1.55 bits per heavy atom. The minimum Gasteiger partial charge on any atom is -0.314 e. The molecule has 1 fully saturated rings. The Morgan fingerprint density at radius 2 is 2.35 bits per heavy atom. The van der Waals surface area contributed by atoms with Crippen molar-refractivity contribution in [3.05, 3.63) is 24.0 Å². The zero-order valence-electron chi connectivity index (χ0n) is 10.9. The molecule has 0 amide bonds. The van der Waals surface area contributed by atoms with Gasteiger partial charge >= 0.3 is 0 Å². The number of nitrogens with one attached hydrogen (secondary N) is 2. The number of nitrogens with zero attached hydrogens (tertiary/aromatic N) is 2. The van der Waals surface area contributed by atoms with Gasteiger partial charge in [-0.05, 0) is 37.9 Å². The van der Waals surface area contributed by atoms with Crippen LogP contribution in [0.3, 0.4) is 0 Å². The average Bonchev–Trinajstić information content (AvgIpc) is 2.91. The van der Waals surface area contributed by atoms with Crippen molar-refractivity contribution in [3.8, 4) is 6.07 Å². The molecule has 0 spiro atoms. The predicted molar refractivity (Wildman–Crippen MR) is 77.0 cm³/mol. The number of hydrogen-bond acceptors (Lipinski definition) is 5. The Kier molecular flexibility index (Phi) is 6.36. The van der Waals surface area contributed by atoms with E-state index in [9.17, 15) is 8.42 Å². The lowest BCUT2D eigenvalue weighted by Crippen LogP contribution is -2.31. The van der Waals surface area contributed by atoms with Crippen molar-refractivity contribution < 1.29 is 8.42 Å². The van der Waals surface area contributed by atoms with Gasteiger partial charge in [0.2, 0.25) is 10.0 Å². The maximum atomic E-state index is 12.1. The molecule has 8 heteroatoms. The molecule has 1 atom stereocenters. The molecule has 0 aliphatic carbocycles. The first-order valence-corrected chi connectivity index (χ1v) is 7.70. The molecule has 1 aliphatic rings. The van der Waals surface area contributed by atoms with E-state index in [0.717, 1.165) is 25.8 Å². The summed E-state index contributed by atoms with van der Waals surface area (Å²) in [4.78, 5) is 3.70. The summed E-state index contributed by atoms with van der Waals surface area (Å²) in [6.45, 7) is 1.36. The molecular formula is C12H17ClN4O2S. The monoisotopic (exact) mass is 316 g/mol. The summed E-state index contributed by atoms with van der Waals surface area (Å²) in [6.07, 6.45) is 4.37. The van der Waals surface area contributed by atoms with Crippen molar-refractivity contribution in [2.45, 2.75) is 30.2 Å². The first-order chi connectivity index (χ1) is 9.13. The molecule has 2 N–H and O–H groups in total. The third kappa shape index (κ3) is 4.15. The number of hydrogen-bond donors (Lipinski definition) is 2. The molecule has 0 unspecified atom stereocenters. The fraction of sp³-hybridized carbons (Fsp3) is 0.500. The van der Waals surface area contributed by atoms with E-state index in [1.807, 2.05) is 0 Å². The van der Waals surface area contributed by atoms with E-state index >= 15 is 0 Å². The van der Waals surface area contributed by atoms with Crippen molar-refractivity contribution in [2.75, 3.05) is 13.1 Å². The van der Waals surface area contributed by atoms with E-state index in [-0.39, 0.29) is 23.0 Å². The fourth-order valence-electron chi connectivity index (χ4n) is 2.14. The van der Waals surface area contributed by atoms with Gasteiger partial charge in [-0.3, -0.25) is 0 Å². The lowest BCUT2D eigenvalue weighted by atomic mass is 10.2. The lowest BCUT2D eigenvalue weighted by Gasteiger charge is -2.11. The van der Waals surface area contributed by atoms with Crippen molar-refractivity contribution in [3.63, 3.8) is 0 Å². The Balaban J connectivity index is 0.00000200. The first-order valence-electron chi connectivity index (χ1n) is 6.21. The van der Waals surface area contributed by atoms with Crippen LogP contribution in [0.5, 0.6) is 0 Å². The lowest BCUT2D eigenvalue weighted by molar-refractivity contribution is 0.539. The van der Waals surface area contributed by atoms with Gasteiger partial charge in [0.25, 0.3) is 0 Å². The number of rotatable bonds is 5. The second-order valence-corrected chi connectivity index (χ2v) is 6.18. The van der Waals surface area contributed by atoms with E-state index in [2.05, 4.69) is 15.0 Å². The highest BCUT2D eigenvalue weighted by Gasteiger charge is 2.20. The molecule has 2 heterocycles. The maximum Gasteiger partial charge on any atom is 0.243 e. The van der Waals surface area contributed by atoms with Crippen molar-refractivity contribution >= 4 is 22.4 Å². The second-order valence-electron chi connectivity index (χ2n) is 4.44. The third-order valence-corrected chi connectivity index (χ3v) is 4.61. The van der Waals surface area contributed by atoms with Gasteiger partial charge in [0.05, 0.1) is 0 Å². The van der Waals surface area contributed by atoms with Crippen LogP contribution >= 0.6 is 12.4 Å². The molecule has 2 rings (SSSR count). The minimum atomic E-state index is -3.66. The number of nitriles is 1. The molecule has 0 radical (unpaired) electrons. The summed E-state index contributed by atoms with van der Waals surface area (Å²) in [5.74, 6) is 0. The van der Waals surface area contributed by atoms with Gasteiger partial charge in [0.15, 0.2) is 5.69 Å². The molecule has 1 aromatic rings. The smallest absolute Gasteiger partial charge is 0.243 e. The molecule has 1 aromatic heterocycles. The zero-order chi connectivity index (χ0) is 13.7. The van der Waals surface area contributed by atoms with Gasteiger partial charge in [-0.2, -0.15) is 5.26 Å². The standard InChI is InChI=1S/C12H16N4O2S.ClH/c13-9-11-12(4-2-7-15-11)19(17,18)16-8-5-10-3-1-6-14-10;/h2,4,7,10,14,16H,1,3,5-6,8H2;1H/t10-;/m1./s1. The molecule has 110 valence electrons. The summed E-state index contributed by atoms with van der Waals surface area (Å²) < 4.78 is 26.6. The molecule has 6 nitrogen and oxygen atoms in total. The van der Waals surface area contributed by atoms with Crippen LogP contribution in [-0.4, -0.2) is 32.5 Å². The summed E-state index contributed by atoms with van der Waals surface area (Å²) >= 11 is 0. The molecule has 0 bridgehead atoms. The second kappa shape index (κ2) is 7.55. The van der Waals surface area contributed by atoms with Gasteiger partial charge in [-0.25, -0.2) is 18.1 Å². The summed E-state index contributed by atoms with van der Waals surface area (Å²) in [5.41, 5.74) is -0.0750. The molecule has 0 aromatic carbocycles. The Morgan fingerprint density at radius 3 is 3.00 bits per heavy atom. The molecule has 0 saturated carbocycles. The van der Waals surface area contributed by atoms with E-state index in [0.29, 0.717) is 12.6 Å². The molecule has 1 aliphatic heterocycles. The molecule has 1 saturated heterocycles. The highest BCUT2D eigenvalue weighted by atomic mass is 35.5. The van der Waals surface area contributed by atoms with E-state index in [1.54, 1.807) is 6.07 Å². The van der Waals surface area contributed by atoms with Crippen molar-refractivity contribution in [1.29, 1.82) is 5.26 Å². The van der Waals surface area contributed by atoms with Crippen LogP contribution in [0.2, 0.25) is 0 Å². The van der Waals surface area contributed by atoms with Crippen LogP contribution in [0.1, 0.15) is 25.0 Å². The summed E-state index contributed by atoms with van der Waals surface area (Å²) in [7, 11) is -3.66. The van der Waals surface area contributed by atoms with Gasteiger partial charge in [-0.15, -0.1) is 12.4 Å². The SMILES string of the molecule is Cl.N#Cc1ncccc1S(=O)(=O)NCC[C@H]1CCCN1.